The molecule has 28 heavy (non-hydrogen) atoms. The predicted octanol–water partition coefficient (Wildman–Crippen LogP) is 5.94. The molecule has 2 aliphatic rings. The number of rotatable bonds is 3. The fourth-order valence-electron chi connectivity index (χ4n) is 4.86. The van der Waals surface area contributed by atoms with E-state index >= 15 is 0 Å². The molecule has 3 unspecified atom stereocenters. The first kappa shape index (κ1) is 19.2. The highest BCUT2D eigenvalue weighted by Gasteiger charge is 2.44. The lowest BCUT2D eigenvalue weighted by molar-refractivity contribution is 0.0756. The number of hydrogen-bond acceptors (Lipinski definition) is 1. The number of benzene rings is 2. The molecule has 2 aromatic carbocycles. The van der Waals surface area contributed by atoms with Crippen LogP contribution in [0.15, 0.2) is 42.5 Å². The summed E-state index contributed by atoms with van der Waals surface area (Å²) in [5, 5.41) is 0. The lowest BCUT2D eigenvalue weighted by atomic mass is 9.79. The van der Waals surface area contributed by atoms with E-state index in [2.05, 4.69) is 18.9 Å². The largest absolute Gasteiger partial charge is 0.295 e. The highest BCUT2D eigenvalue weighted by molar-refractivity contribution is 5.80. The lowest BCUT2D eigenvalue weighted by Crippen LogP contribution is -2.51. The maximum atomic E-state index is 13.9. The van der Waals surface area contributed by atoms with Crippen molar-refractivity contribution >= 4 is 5.57 Å². The van der Waals surface area contributed by atoms with Gasteiger partial charge >= 0.3 is 0 Å². The number of likely N-dealkylation sites (N-methyl/N-ethyl adjacent to an activating group) is 1. The number of piperidine rings is 1. The van der Waals surface area contributed by atoms with Crippen LogP contribution in [0, 0.1) is 29.2 Å². The summed E-state index contributed by atoms with van der Waals surface area (Å²) >= 11 is 0. The Bertz CT molecular complexity index is 885. The van der Waals surface area contributed by atoms with Crippen LogP contribution in [-0.4, -0.2) is 23.5 Å². The molecule has 1 heterocycles. The molecular weight excluding hydrogens is 366 g/mol. The van der Waals surface area contributed by atoms with Crippen molar-refractivity contribution in [2.45, 2.75) is 44.2 Å². The monoisotopic (exact) mass is 389 g/mol. The van der Waals surface area contributed by atoms with Crippen LogP contribution in [0.3, 0.4) is 0 Å². The van der Waals surface area contributed by atoms with Gasteiger partial charge in [-0.1, -0.05) is 18.2 Å². The van der Waals surface area contributed by atoms with E-state index in [-0.39, 0.29) is 5.54 Å². The molecule has 0 amide bonds. The van der Waals surface area contributed by atoms with E-state index < -0.39 is 23.3 Å². The number of halogens is 4. The van der Waals surface area contributed by atoms with Crippen LogP contribution in [0.4, 0.5) is 17.6 Å². The Labute approximate surface area is 162 Å². The normalized spacial score (nSPS) is 27.1. The molecule has 1 aliphatic heterocycles. The number of nitrogens with zero attached hydrogens (tertiary/aromatic N) is 1. The van der Waals surface area contributed by atoms with Crippen LogP contribution in [-0.2, 0) is 0 Å². The summed E-state index contributed by atoms with van der Waals surface area (Å²) in [5.74, 6) is -3.18. The maximum absolute atomic E-state index is 13.9. The van der Waals surface area contributed by atoms with Gasteiger partial charge in [0.15, 0.2) is 23.3 Å². The van der Waals surface area contributed by atoms with Gasteiger partial charge in [0.1, 0.15) is 0 Å². The quantitative estimate of drug-likeness (QED) is 0.588. The molecule has 148 valence electrons. The third-order valence-corrected chi connectivity index (χ3v) is 6.49. The van der Waals surface area contributed by atoms with E-state index in [1.54, 1.807) is 0 Å². The van der Waals surface area contributed by atoms with Gasteiger partial charge in [0.2, 0.25) is 0 Å². The molecule has 2 aromatic rings. The van der Waals surface area contributed by atoms with E-state index in [0.29, 0.717) is 28.7 Å². The van der Waals surface area contributed by atoms with Gasteiger partial charge in [0, 0.05) is 11.6 Å². The van der Waals surface area contributed by atoms with E-state index in [9.17, 15) is 17.6 Å². The van der Waals surface area contributed by atoms with Gasteiger partial charge in [-0.25, -0.2) is 17.6 Å². The first-order chi connectivity index (χ1) is 13.3. The van der Waals surface area contributed by atoms with Crippen LogP contribution in [0.25, 0.3) is 5.57 Å². The Morgan fingerprint density at radius 1 is 0.929 bits per heavy atom. The summed E-state index contributed by atoms with van der Waals surface area (Å²) < 4.78 is 54.8. The molecule has 5 heteroatoms. The van der Waals surface area contributed by atoms with Crippen molar-refractivity contribution in [2.75, 3.05) is 7.05 Å². The molecule has 1 saturated carbocycles. The molecule has 0 aromatic heterocycles. The Kier molecular flexibility index (Phi) is 4.82. The van der Waals surface area contributed by atoms with Crippen LogP contribution in [0.1, 0.15) is 43.7 Å². The van der Waals surface area contributed by atoms with Gasteiger partial charge < -0.3 is 0 Å². The second-order valence-electron chi connectivity index (χ2n) is 8.32. The number of hydrogen-bond donors (Lipinski definition) is 0. The average molecular weight is 389 g/mol. The number of fused-ring (bicyclic) bond motifs is 2. The third-order valence-electron chi connectivity index (χ3n) is 6.49. The lowest BCUT2D eigenvalue weighted by Gasteiger charge is -2.45. The van der Waals surface area contributed by atoms with Gasteiger partial charge in [0.25, 0.3) is 0 Å². The van der Waals surface area contributed by atoms with Gasteiger partial charge in [-0.05, 0) is 86.5 Å². The molecule has 1 nitrogen and oxygen atoms in total. The van der Waals surface area contributed by atoms with E-state index in [1.807, 2.05) is 6.08 Å². The van der Waals surface area contributed by atoms with E-state index in [0.717, 1.165) is 37.1 Å². The van der Waals surface area contributed by atoms with Gasteiger partial charge in [-0.2, -0.15) is 0 Å². The summed E-state index contributed by atoms with van der Waals surface area (Å²) in [5.41, 5.74) is 1.15. The van der Waals surface area contributed by atoms with Crippen LogP contribution < -0.4 is 0 Å². The molecule has 2 bridgehead atoms. The highest BCUT2D eigenvalue weighted by atomic mass is 19.2. The molecule has 1 saturated heterocycles. The zero-order valence-corrected chi connectivity index (χ0v) is 16.0. The Morgan fingerprint density at radius 2 is 1.50 bits per heavy atom. The van der Waals surface area contributed by atoms with E-state index in [1.165, 1.54) is 25.0 Å². The van der Waals surface area contributed by atoms with Crippen LogP contribution in [0.2, 0.25) is 0 Å². The van der Waals surface area contributed by atoms with Crippen LogP contribution >= 0.6 is 0 Å². The first-order valence-corrected chi connectivity index (χ1v) is 9.63. The molecule has 0 N–H and O–H groups in total. The molecule has 2 fully saturated rings. The van der Waals surface area contributed by atoms with Crippen molar-refractivity contribution in [3.8, 4) is 0 Å². The van der Waals surface area contributed by atoms with Gasteiger partial charge in [0.05, 0.1) is 0 Å². The minimum atomic E-state index is -0.965. The molecule has 1 aliphatic carbocycles. The van der Waals surface area contributed by atoms with Crippen molar-refractivity contribution in [2.24, 2.45) is 5.92 Å². The number of likely N-dealkylation sites (tertiary alicyclic amines) is 1. The summed E-state index contributed by atoms with van der Waals surface area (Å²) in [6, 6.07) is 7.80. The Morgan fingerprint density at radius 3 is 2.04 bits per heavy atom. The smallest absolute Gasteiger partial charge is 0.159 e. The van der Waals surface area contributed by atoms with Gasteiger partial charge in [-0.15, -0.1) is 0 Å². The summed E-state index contributed by atoms with van der Waals surface area (Å²) in [7, 11) is 2.08. The summed E-state index contributed by atoms with van der Waals surface area (Å²) in [4.78, 5) is 2.33. The standard InChI is InChI=1S/C23H23F4N/c1-23(12-14-3-6-17(9-14)28(23)2)13-18(15-4-7-19(24)21(26)10-15)16-5-8-20(25)22(27)11-16/h4-5,7-8,10-11,13-14,17H,3,6,9,12H2,1-2H3. The fraction of sp³-hybridized carbons (Fsp3) is 0.391. The minimum absolute atomic E-state index is 0.310. The Balaban J connectivity index is 1.85. The van der Waals surface area contributed by atoms with Crippen molar-refractivity contribution in [3.63, 3.8) is 0 Å². The minimum Gasteiger partial charge on any atom is -0.295 e. The first-order valence-electron chi connectivity index (χ1n) is 9.63. The second kappa shape index (κ2) is 7.03. The molecule has 4 rings (SSSR count). The summed E-state index contributed by atoms with van der Waals surface area (Å²) in [6.45, 7) is 2.12. The van der Waals surface area contributed by atoms with E-state index in [4.69, 9.17) is 0 Å². The van der Waals surface area contributed by atoms with Crippen molar-refractivity contribution in [1.82, 2.24) is 4.90 Å². The molecule has 0 spiro atoms. The van der Waals surface area contributed by atoms with Crippen molar-refractivity contribution < 1.29 is 17.6 Å². The average Bonchev–Trinajstić information content (AvgIpc) is 3.07. The Hall–Kier alpha value is -2.14. The van der Waals surface area contributed by atoms with Gasteiger partial charge in [-0.3, -0.25) is 4.90 Å². The molecular formula is C23H23F4N. The third kappa shape index (κ3) is 3.37. The maximum Gasteiger partial charge on any atom is 0.159 e. The summed E-state index contributed by atoms with van der Waals surface area (Å²) in [6.07, 6.45) is 6.46. The zero-order valence-electron chi connectivity index (χ0n) is 16.0. The fourth-order valence-corrected chi connectivity index (χ4v) is 4.86. The van der Waals surface area contributed by atoms with Crippen molar-refractivity contribution in [1.29, 1.82) is 0 Å². The van der Waals surface area contributed by atoms with Crippen LogP contribution in [0.5, 0.6) is 0 Å². The zero-order chi connectivity index (χ0) is 20.1. The predicted molar refractivity (Wildman–Crippen MR) is 102 cm³/mol. The van der Waals surface area contributed by atoms with Crippen molar-refractivity contribution in [3.05, 3.63) is 76.9 Å². The highest BCUT2D eigenvalue weighted by Crippen LogP contribution is 2.45. The molecule has 0 radical (unpaired) electrons. The topological polar surface area (TPSA) is 3.24 Å². The SMILES string of the molecule is CN1C2CCC(C2)CC1(C)C=C(c1ccc(F)c(F)c1)c1ccc(F)c(F)c1. The molecule has 3 atom stereocenters. The second-order valence-corrected chi connectivity index (χ2v) is 8.32.